The van der Waals surface area contributed by atoms with Crippen LogP contribution in [0.3, 0.4) is 0 Å². The maximum absolute atomic E-state index is 9.34. The van der Waals surface area contributed by atoms with Crippen molar-refractivity contribution in [3.05, 3.63) is 29.8 Å². The van der Waals surface area contributed by atoms with Gasteiger partial charge in [-0.2, -0.15) is 0 Å². The van der Waals surface area contributed by atoms with E-state index in [-0.39, 0.29) is 6.61 Å². The predicted molar refractivity (Wildman–Crippen MR) is 67.6 cm³/mol. The molecule has 0 unspecified atom stereocenters. The van der Waals surface area contributed by atoms with Crippen LogP contribution < -0.4 is 4.90 Å². The Bertz CT molecular complexity index is 331. The van der Waals surface area contributed by atoms with Crippen LogP contribution in [-0.2, 0) is 6.61 Å². The van der Waals surface area contributed by atoms with Crippen molar-refractivity contribution in [1.29, 1.82) is 0 Å². The van der Waals surface area contributed by atoms with Crippen molar-refractivity contribution >= 4 is 5.69 Å². The van der Waals surface area contributed by atoms with Crippen LogP contribution in [0.5, 0.6) is 0 Å². The fraction of sp³-hybridized carbons (Fsp3) is 0.571. The van der Waals surface area contributed by atoms with Gasteiger partial charge in [0.05, 0.1) is 6.61 Å². The van der Waals surface area contributed by atoms with E-state index in [1.54, 1.807) is 0 Å². The highest BCUT2D eigenvalue weighted by atomic mass is 16.3. The zero-order valence-electron chi connectivity index (χ0n) is 10.0. The monoisotopic (exact) mass is 219 g/mol. The maximum atomic E-state index is 9.34. The van der Waals surface area contributed by atoms with Crippen molar-refractivity contribution < 1.29 is 5.11 Å². The third-order valence-electron chi connectivity index (χ3n) is 3.66. The number of hydrogen-bond donors (Lipinski definition) is 1. The van der Waals surface area contributed by atoms with Gasteiger partial charge >= 0.3 is 0 Å². The smallest absolute Gasteiger partial charge is 0.0702 e. The number of nitrogens with zero attached hydrogens (tertiary/aromatic N) is 1. The van der Waals surface area contributed by atoms with Crippen molar-refractivity contribution in [2.75, 3.05) is 11.9 Å². The lowest BCUT2D eigenvalue weighted by molar-refractivity contribution is 0.281. The quantitative estimate of drug-likeness (QED) is 0.845. The molecule has 1 aromatic rings. The van der Waals surface area contributed by atoms with Crippen molar-refractivity contribution in [3.8, 4) is 0 Å². The van der Waals surface area contributed by atoms with Gasteiger partial charge < -0.3 is 10.0 Å². The molecule has 2 nitrogen and oxygen atoms in total. The minimum absolute atomic E-state index is 0.132. The SMILES string of the molecule is CN(c1ccccc1CO)C1CCCCC1. The molecule has 0 bridgehead atoms. The molecule has 2 rings (SSSR count). The summed E-state index contributed by atoms with van der Waals surface area (Å²) in [5, 5.41) is 9.34. The van der Waals surface area contributed by atoms with Crippen LogP contribution >= 0.6 is 0 Å². The number of anilines is 1. The molecule has 2 heteroatoms. The Morgan fingerprint density at radius 1 is 1.19 bits per heavy atom. The molecule has 1 N–H and O–H groups in total. The second kappa shape index (κ2) is 5.35. The minimum atomic E-state index is 0.132. The molecule has 1 aromatic carbocycles. The van der Waals surface area contributed by atoms with Gasteiger partial charge in [-0.05, 0) is 18.9 Å². The third-order valence-corrected chi connectivity index (χ3v) is 3.66. The highest BCUT2D eigenvalue weighted by molar-refractivity contribution is 5.53. The highest BCUT2D eigenvalue weighted by Gasteiger charge is 2.19. The number of aliphatic hydroxyl groups excluding tert-OH is 1. The molecular weight excluding hydrogens is 198 g/mol. The van der Waals surface area contributed by atoms with Crippen molar-refractivity contribution in [2.45, 2.75) is 44.8 Å². The molecule has 0 heterocycles. The first-order valence-electron chi connectivity index (χ1n) is 6.24. The molecule has 1 aliphatic carbocycles. The van der Waals surface area contributed by atoms with E-state index in [4.69, 9.17) is 0 Å². The van der Waals surface area contributed by atoms with E-state index in [1.165, 1.54) is 37.8 Å². The molecule has 0 aliphatic heterocycles. The van der Waals surface area contributed by atoms with Gasteiger partial charge in [-0.25, -0.2) is 0 Å². The van der Waals surface area contributed by atoms with E-state index in [2.05, 4.69) is 18.0 Å². The van der Waals surface area contributed by atoms with Gasteiger partial charge in [0.15, 0.2) is 0 Å². The Morgan fingerprint density at radius 2 is 1.88 bits per heavy atom. The molecule has 0 radical (unpaired) electrons. The van der Waals surface area contributed by atoms with E-state index in [0.29, 0.717) is 6.04 Å². The fourth-order valence-corrected chi connectivity index (χ4v) is 2.65. The Morgan fingerprint density at radius 3 is 2.56 bits per heavy atom. The van der Waals surface area contributed by atoms with Gasteiger partial charge in [-0.15, -0.1) is 0 Å². The molecular formula is C14H21NO. The van der Waals surface area contributed by atoms with Crippen LogP contribution in [0.15, 0.2) is 24.3 Å². The molecule has 0 atom stereocenters. The largest absolute Gasteiger partial charge is 0.392 e. The molecule has 16 heavy (non-hydrogen) atoms. The summed E-state index contributed by atoms with van der Waals surface area (Å²) in [6, 6.07) is 8.81. The number of aliphatic hydroxyl groups is 1. The maximum Gasteiger partial charge on any atom is 0.0702 e. The molecule has 0 aromatic heterocycles. The van der Waals surface area contributed by atoms with Crippen molar-refractivity contribution in [1.82, 2.24) is 0 Å². The highest BCUT2D eigenvalue weighted by Crippen LogP contribution is 2.28. The average molecular weight is 219 g/mol. The molecule has 1 fully saturated rings. The standard InChI is InChI=1S/C14H21NO/c1-15(13-8-3-2-4-9-13)14-10-6-5-7-12(14)11-16/h5-7,10,13,16H,2-4,8-9,11H2,1H3. The zero-order valence-corrected chi connectivity index (χ0v) is 10.0. The molecule has 0 spiro atoms. The average Bonchev–Trinajstić information content (AvgIpc) is 2.39. The molecule has 0 amide bonds. The predicted octanol–water partition coefficient (Wildman–Crippen LogP) is 2.95. The summed E-state index contributed by atoms with van der Waals surface area (Å²) in [7, 11) is 2.16. The van der Waals surface area contributed by atoms with E-state index in [0.717, 1.165) is 5.56 Å². The van der Waals surface area contributed by atoms with Gasteiger partial charge in [-0.1, -0.05) is 37.5 Å². The minimum Gasteiger partial charge on any atom is -0.392 e. The van der Waals surface area contributed by atoms with Crippen LogP contribution in [0.4, 0.5) is 5.69 Å². The second-order valence-corrected chi connectivity index (χ2v) is 4.69. The summed E-state index contributed by atoms with van der Waals surface area (Å²) >= 11 is 0. The Kier molecular flexibility index (Phi) is 3.83. The summed E-state index contributed by atoms with van der Waals surface area (Å²) in [5.74, 6) is 0. The van der Waals surface area contributed by atoms with Crippen LogP contribution in [0, 0.1) is 0 Å². The Balaban J connectivity index is 2.15. The Hall–Kier alpha value is -1.02. The van der Waals surface area contributed by atoms with E-state index in [9.17, 15) is 5.11 Å². The van der Waals surface area contributed by atoms with Gasteiger partial charge in [0.25, 0.3) is 0 Å². The molecule has 1 aliphatic rings. The lowest BCUT2D eigenvalue weighted by Crippen LogP contribution is -2.33. The Labute approximate surface area is 97.9 Å². The normalized spacial score (nSPS) is 17.4. The van der Waals surface area contributed by atoms with Gasteiger partial charge in [-0.3, -0.25) is 0 Å². The fourth-order valence-electron chi connectivity index (χ4n) is 2.65. The summed E-state index contributed by atoms with van der Waals surface area (Å²) in [4.78, 5) is 2.35. The van der Waals surface area contributed by atoms with Crippen molar-refractivity contribution in [3.63, 3.8) is 0 Å². The van der Waals surface area contributed by atoms with Gasteiger partial charge in [0.1, 0.15) is 0 Å². The molecule has 0 saturated heterocycles. The van der Waals surface area contributed by atoms with Crippen LogP contribution in [0.1, 0.15) is 37.7 Å². The lowest BCUT2D eigenvalue weighted by Gasteiger charge is -2.34. The van der Waals surface area contributed by atoms with Crippen LogP contribution in [-0.4, -0.2) is 18.2 Å². The summed E-state index contributed by atoms with van der Waals surface area (Å²) in [6.45, 7) is 0.132. The third kappa shape index (κ3) is 2.38. The topological polar surface area (TPSA) is 23.5 Å². The van der Waals surface area contributed by atoms with Crippen molar-refractivity contribution in [2.24, 2.45) is 0 Å². The first-order chi connectivity index (χ1) is 7.83. The number of hydrogen-bond acceptors (Lipinski definition) is 2. The van der Waals surface area contributed by atoms with Gasteiger partial charge in [0, 0.05) is 24.3 Å². The summed E-state index contributed by atoms with van der Waals surface area (Å²) < 4.78 is 0. The van der Waals surface area contributed by atoms with E-state index >= 15 is 0 Å². The zero-order chi connectivity index (χ0) is 11.4. The summed E-state index contributed by atoms with van der Waals surface area (Å²) in [6.07, 6.45) is 6.64. The lowest BCUT2D eigenvalue weighted by atomic mass is 9.94. The van der Waals surface area contributed by atoms with Crippen LogP contribution in [0.25, 0.3) is 0 Å². The van der Waals surface area contributed by atoms with Gasteiger partial charge in [0.2, 0.25) is 0 Å². The summed E-state index contributed by atoms with van der Waals surface area (Å²) in [5.41, 5.74) is 2.23. The second-order valence-electron chi connectivity index (χ2n) is 4.69. The number of para-hydroxylation sites is 1. The first-order valence-corrected chi connectivity index (χ1v) is 6.24. The van der Waals surface area contributed by atoms with E-state index in [1.807, 2.05) is 18.2 Å². The molecule has 1 saturated carbocycles. The molecule has 88 valence electrons. The number of benzene rings is 1. The van der Waals surface area contributed by atoms with Crippen LogP contribution in [0.2, 0.25) is 0 Å². The van der Waals surface area contributed by atoms with E-state index < -0.39 is 0 Å². The first kappa shape index (κ1) is 11.5. The number of rotatable bonds is 3.